The van der Waals surface area contributed by atoms with E-state index in [4.69, 9.17) is 9.47 Å². The van der Waals surface area contributed by atoms with Crippen molar-refractivity contribution < 1.29 is 19.1 Å². The molecular weight excluding hydrogens is 484 g/mol. The van der Waals surface area contributed by atoms with Gasteiger partial charge in [0, 0.05) is 42.9 Å². The van der Waals surface area contributed by atoms with Crippen LogP contribution in [-0.2, 0) is 16.1 Å². The van der Waals surface area contributed by atoms with E-state index in [2.05, 4.69) is 20.8 Å². The van der Waals surface area contributed by atoms with Crippen molar-refractivity contribution in [3.8, 4) is 0 Å². The van der Waals surface area contributed by atoms with Crippen molar-refractivity contribution in [2.45, 2.75) is 38.4 Å². The van der Waals surface area contributed by atoms with E-state index in [-0.39, 0.29) is 12.2 Å². The average molecular weight is 515 g/mol. The van der Waals surface area contributed by atoms with Crippen LogP contribution in [0.3, 0.4) is 0 Å². The van der Waals surface area contributed by atoms with Gasteiger partial charge in [0.2, 0.25) is 0 Å². The highest BCUT2D eigenvalue weighted by Crippen LogP contribution is 2.29. The molecule has 2 aromatic rings. The predicted molar refractivity (Wildman–Crippen MR) is 132 cm³/mol. The van der Waals surface area contributed by atoms with Gasteiger partial charge in [-0.25, -0.2) is 4.79 Å². The lowest BCUT2D eigenvalue weighted by atomic mass is 9.97. The van der Waals surface area contributed by atoms with Crippen molar-refractivity contribution >= 4 is 34.0 Å². The number of piperidine rings is 2. The summed E-state index contributed by atoms with van der Waals surface area (Å²) in [6.45, 7) is 4.26. The summed E-state index contributed by atoms with van der Waals surface area (Å²) >= 11 is 3.47. The zero-order valence-electron chi connectivity index (χ0n) is 18.8. The monoisotopic (exact) mass is 514 g/mol. The maximum Gasteiger partial charge on any atom is 0.410 e. The van der Waals surface area contributed by atoms with Gasteiger partial charge in [0.15, 0.2) is 6.29 Å². The molecule has 4 rings (SSSR count). The molecular formula is C26H31BrN2O4. The van der Waals surface area contributed by atoms with E-state index >= 15 is 0 Å². The molecule has 1 amide bonds. The van der Waals surface area contributed by atoms with E-state index in [0.717, 1.165) is 80.5 Å². The van der Waals surface area contributed by atoms with Crippen LogP contribution in [0.4, 0.5) is 10.5 Å². The standard InChI is InChI=1S/C26H31BrN2O4/c27-24-7-4-8-25(23(24)17-30)28-15-11-22(12-16-28)32-18-21-9-13-29(14-10-21)26(31)33-19-20-5-2-1-3-6-20/h1-8,17,21-22H,9-16,18-19H2. The second-order valence-corrected chi connectivity index (χ2v) is 9.64. The molecule has 2 aromatic carbocycles. The first kappa shape index (κ1) is 23.8. The summed E-state index contributed by atoms with van der Waals surface area (Å²) in [5.74, 6) is 0.480. The third-order valence-corrected chi connectivity index (χ3v) is 7.27. The second-order valence-electron chi connectivity index (χ2n) is 8.78. The first-order valence-electron chi connectivity index (χ1n) is 11.7. The van der Waals surface area contributed by atoms with Crippen LogP contribution in [0.15, 0.2) is 53.0 Å². The van der Waals surface area contributed by atoms with Crippen LogP contribution in [0.1, 0.15) is 41.6 Å². The van der Waals surface area contributed by atoms with Gasteiger partial charge in [-0.05, 0) is 65.2 Å². The van der Waals surface area contributed by atoms with Crippen LogP contribution >= 0.6 is 15.9 Å². The summed E-state index contributed by atoms with van der Waals surface area (Å²) in [6.07, 6.45) is 4.74. The molecule has 0 bridgehead atoms. The van der Waals surface area contributed by atoms with Crippen LogP contribution < -0.4 is 4.90 Å². The highest BCUT2D eigenvalue weighted by molar-refractivity contribution is 9.10. The molecule has 0 atom stereocenters. The highest BCUT2D eigenvalue weighted by Gasteiger charge is 2.26. The molecule has 2 aliphatic rings. The number of hydrogen-bond acceptors (Lipinski definition) is 5. The van der Waals surface area contributed by atoms with E-state index < -0.39 is 0 Å². The SMILES string of the molecule is O=Cc1c(Br)cccc1N1CCC(OCC2CCN(C(=O)OCc3ccccc3)CC2)CC1. The Morgan fingerprint density at radius 2 is 1.70 bits per heavy atom. The normalized spacial score (nSPS) is 17.7. The average Bonchev–Trinajstić information content (AvgIpc) is 2.87. The van der Waals surface area contributed by atoms with Crippen LogP contribution in [0, 0.1) is 5.92 Å². The van der Waals surface area contributed by atoms with E-state index in [1.54, 1.807) is 4.90 Å². The summed E-state index contributed by atoms with van der Waals surface area (Å²) in [5.41, 5.74) is 2.71. The Kier molecular flexibility index (Phi) is 8.40. The fourth-order valence-corrected chi connectivity index (χ4v) is 5.00. The number of nitrogens with zero attached hydrogens (tertiary/aromatic N) is 2. The van der Waals surface area contributed by atoms with Gasteiger partial charge in [0.05, 0.1) is 11.7 Å². The molecule has 2 fully saturated rings. The lowest BCUT2D eigenvalue weighted by Crippen LogP contribution is -2.41. The lowest BCUT2D eigenvalue weighted by Gasteiger charge is -2.36. The van der Waals surface area contributed by atoms with Crippen molar-refractivity contribution in [1.82, 2.24) is 4.90 Å². The molecule has 0 N–H and O–H groups in total. The number of carbonyl (C=O) groups excluding carboxylic acids is 2. The first-order valence-corrected chi connectivity index (χ1v) is 12.5. The largest absolute Gasteiger partial charge is 0.445 e. The molecule has 2 heterocycles. The fraction of sp³-hybridized carbons (Fsp3) is 0.462. The number of benzene rings is 2. The summed E-state index contributed by atoms with van der Waals surface area (Å²) in [4.78, 5) is 27.9. The number of carbonyl (C=O) groups is 2. The molecule has 0 unspecified atom stereocenters. The quantitative estimate of drug-likeness (QED) is 0.469. The minimum Gasteiger partial charge on any atom is -0.445 e. The number of amides is 1. The molecule has 33 heavy (non-hydrogen) atoms. The molecule has 0 aliphatic carbocycles. The summed E-state index contributed by atoms with van der Waals surface area (Å²) in [5, 5.41) is 0. The Hall–Kier alpha value is -2.38. The lowest BCUT2D eigenvalue weighted by molar-refractivity contribution is 0.000239. The van der Waals surface area contributed by atoms with Gasteiger partial charge in [-0.2, -0.15) is 0 Å². The Labute approximate surface area is 204 Å². The van der Waals surface area contributed by atoms with E-state index in [0.29, 0.717) is 18.1 Å². The summed E-state index contributed by atoms with van der Waals surface area (Å²) in [6, 6.07) is 15.6. The number of ether oxygens (including phenoxy) is 2. The molecule has 2 aliphatic heterocycles. The molecule has 2 saturated heterocycles. The van der Waals surface area contributed by atoms with Crippen molar-refractivity contribution in [3.63, 3.8) is 0 Å². The summed E-state index contributed by atoms with van der Waals surface area (Å²) < 4.78 is 12.5. The van der Waals surface area contributed by atoms with Crippen LogP contribution in [0.2, 0.25) is 0 Å². The number of hydrogen-bond donors (Lipinski definition) is 0. The third-order valence-electron chi connectivity index (χ3n) is 6.58. The molecule has 0 radical (unpaired) electrons. The molecule has 0 spiro atoms. The Balaban J connectivity index is 1.15. The van der Waals surface area contributed by atoms with Crippen LogP contribution in [0.25, 0.3) is 0 Å². The van der Waals surface area contributed by atoms with Gasteiger partial charge in [0.25, 0.3) is 0 Å². The van der Waals surface area contributed by atoms with Crippen molar-refractivity contribution in [3.05, 3.63) is 64.1 Å². The zero-order valence-corrected chi connectivity index (χ0v) is 20.4. The van der Waals surface area contributed by atoms with Gasteiger partial charge in [0.1, 0.15) is 6.61 Å². The fourth-order valence-electron chi connectivity index (χ4n) is 4.55. The van der Waals surface area contributed by atoms with Gasteiger partial charge in [-0.3, -0.25) is 4.79 Å². The van der Waals surface area contributed by atoms with E-state index in [1.807, 2.05) is 48.5 Å². The Morgan fingerprint density at radius 1 is 0.970 bits per heavy atom. The van der Waals surface area contributed by atoms with Crippen LogP contribution in [-0.4, -0.2) is 56.2 Å². The van der Waals surface area contributed by atoms with Gasteiger partial charge in [-0.15, -0.1) is 0 Å². The third kappa shape index (κ3) is 6.36. The Morgan fingerprint density at radius 3 is 2.39 bits per heavy atom. The predicted octanol–water partition coefficient (Wildman–Crippen LogP) is 5.30. The molecule has 7 heteroatoms. The van der Waals surface area contributed by atoms with Gasteiger partial charge >= 0.3 is 6.09 Å². The van der Waals surface area contributed by atoms with Crippen molar-refractivity contribution in [2.24, 2.45) is 5.92 Å². The number of halogens is 1. The number of likely N-dealkylation sites (tertiary alicyclic amines) is 1. The zero-order chi connectivity index (χ0) is 23.0. The molecule has 176 valence electrons. The highest BCUT2D eigenvalue weighted by atomic mass is 79.9. The minimum absolute atomic E-state index is 0.229. The Bertz CT molecular complexity index is 923. The smallest absolute Gasteiger partial charge is 0.410 e. The van der Waals surface area contributed by atoms with Gasteiger partial charge in [-0.1, -0.05) is 36.4 Å². The number of aldehydes is 1. The second kappa shape index (κ2) is 11.7. The number of rotatable bonds is 7. The van der Waals surface area contributed by atoms with Crippen LogP contribution in [0.5, 0.6) is 0 Å². The summed E-state index contributed by atoms with van der Waals surface area (Å²) in [7, 11) is 0. The van der Waals surface area contributed by atoms with Gasteiger partial charge < -0.3 is 19.3 Å². The topological polar surface area (TPSA) is 59.1 Å². The van der Waals surface area contributed by atoms with E-state index in [9.17, 15) is 9.59 Å². The maximum absolute atomic E-state index is 12.3. The van der Waals surface area contributed by atoms with Crippen molar-refractivity contribution in [1.29, 1.82) is 0 Å². The number of anilines is 1. The molecule has 0 aromatic heterocycles. The first-order chi connectivity index (χ1) is 16.1. The van der Waals surface area contributed by atoms with E-state index in [1.165, 1.54) is 0 Å². The minimum atomic E-state index is -0.229. The van der Waals surface area contributed by atoms with Crippen molar-refractivity contribution in [2.75, 3.05) is 37.7 Å². The maximum atomic E-state index is 12.3. The molecule has 6 nitrogen and oxygen atoms in total. The molecule has 0 saturated carbocycles.